The minimum Gasteiger partial charge on any atom is -0.358 e. The third-order valence-electron chi connectivity index (χ3n) is 8.15. The number of ketones is 1. The predicted octanol–water partition coefficient (Wildman–Crippen LogP) is 5.37. The molecule has 16 heteroatoms. The lowest BCUT2D eigenvalue weighted by Crippen LogP contribution is -2.25. The number of Topliss-reactive ketones (excluding diaryl/α,β-unsaturated/α-hetero) is 1. The van der Waals surface area contributed by atoms with Gasteiger partial charge in [0, 0.05) is 39.1 Å². The molecule has 3 aromatic heterocycles. The number of nitrogens with one attached hydrogen (secondary N) is 1. The Morgan fingerprint density at radius 2 is 1.96 bits per heavy atom. The lowest BCUT2D eigenvalue weighted by Gasteiger charge is -2.25. The maximum atomic E-state index is 14.4. The zero-order valence-corrected chi connectivity index (χ0v) is 25.5. The molecule has 0 bridgehead atoms. The first kappa shape index (κ1) is 31.0. The van der Waals surface area contributed by atoms with Crippen LogP contribution in [0.3, 0.4) is 0 Å². The van der Waals surface area contributed by atoms with E-state index in [1.165, 1.54) is 17.7 Å². The van der Waals surface area contributed by atoms with E-state index in [1.54, 1.807) is 42.3 Å². The molecule has 1 aliphatic carbocycles. The van der Waals surface area contributed by atoms with E-state index in [2.05, 4.69) is 20.3 Å². The summed E-state index contributed by atoms with van der Waals surface area (Å²) in [6.45, 7) is 0.345. The molecule has 2 aliphatic rings. The van der Waals surface area contributed by atoms with Crippen LogP contribution < -0.4 is 9.62 Å². The second kappa shape index (κ2) is 11.4. The largest absolute Gasteiger partial charge is 0.358 e. The van der Waals surface area contributed by atoms with E-state index in [9.17, 15) is 30.8 Å². The molecule has 0 amide bonds. The summed E-state index contributed by atoms with van der Waals surface area (Å²) in [4.78, 5) is 25.6. The van der Waals surface area contributed by atoms with Gasteiger partial charge in [0.25, 0.3) is 12.3 Å². The van der Waals surface area contributed by atoms with Gasteiger partial charge in [-0.05, 0) is 37.5 Å². The molecule has 1 aliphatic heterocycles. The van der Waals surface area contributed by atoms with Gasteiger partial charge in [0.2, 0.25) is 10.0 Å². The monoisotopic (exact) mass is 649 g/mol. The Kier molecular flexibility index (Phi) is 7.83. The smallest absolute Gasteiger partial charge is 0.295 e. The standard InChI is InChI=1S/C29H31F4N7O4S/c1-38-15-34-14-22(38)16-7-8-19(21(10-16)39(2)45(3,42)43)36-20-11-17(12-23(41)18-13-29(18,32)33)35-27-25(20)37-28(26(30)31)40(27)24-6-4-5-9-44-24/h7-8,10-11,14-15,18,24,26H,4-6,9,12-13H2,1-3H3,(H,35,36). The van der Waals surface area contributed by atoms with Gasteiger partial charge in [0.1, 0.15) is 17.5 Å². The van der Waals surface area contributed by atoms with Crippen molar-refractivity contribution in [3.05, 3.63) is 48.3 Å². The van der Waals surface area contributed by atoms with Gasteiger partial charge in [0.15, 0.2) is 11.5 Å². The van der Waals surface area contributed by atoms with Gasteiger partial charge in [0.05, 0.1) is 53.1 Å². The number of fused-ring (bicyclic) bond motifs is 1. The third kappa shape index (κ3) is 6.00. The average Bonchev–Trinajstić information content (AvgIpc) is 3.27. The third-order valence-corrected chi connectivity index (χ3v) is 9.35. The molecule has 1 N–H and O–H groups in total. The molecule has 1 saturated heterocycles. The van der Waals surface area contributed by atoms with E-state index in [4.69, 9.17) is 4.74 Å². The van der Waals surface area contributed by atoms with Crippen molar-refractivity contribution in [1.82, 2.24) is 24.1 Å². The van der Waals surface area contributed by atoms with E-state index in [1.807, 2.05) is 0 Å². The number of imidazole rings is 2. The summed E-state index contributed by atoms with van der Waals surface area (Å²) in [6, 6.07) is 6.39. The van der Waals surface area contributed by atoms with Crippen LogP contribution >= 0.6 is 0 Å². The molecule has 2 atom stereocenters. The number of benzene rings is 1. The number of hydrogen-bond donors (Lipinski definition) is 1. The Morgan fingerprint density at radius 3 is 2.56 bits per heavy atom. The molecule has 11 nitrogen and oxygen atoms in total. The second-order valence-corrected chi connectivity index (χ2v) is 13.4. The summed E-state index contributed by atoms with van der Waals surface area (Å²) in [5.41, 5.74) is 2.09. The number of carbonyl (C=O) groups is 1. The SMILES string of the molecule is CN(c1cc(-c2cncn2C)ccc1Nc1cc(CC(=O)C2CC2(F)F)nc2c1nc(C(F)F)n2C1CCCCO1)S(C)(=O)=O. The number of anilines is 3. The van der Waals surface area contributed by atoms with Crippen LogP contribution in [0.2, 0.25) is 0 Å². The number of aryl methyl sites for hydroxylation is 1. The van der Waals surface area contributed by atoms with E-state index in [0.717, 1.165) is 23.4 Å². The molecule has 0 spiro atoms. The number of halogens is 4. The summed E-state index contributed by atoms with van der Waals surface area (Å²) in [5.74, 6) is -5.82. The minimum atomic E-state index is -3.77. The Balaban J connectivity index is 1.51. The fraction of sp³-hybridized carbons (Fsp3) is 0.448. The summed E-state index contributed by atoms with van der Waals surface area (Å²) < 4.78 is 91.4. The predicted molar refractivity (Wildman–Crippen MR) is 158 cm³/mol. The molecule has 240 valence electrons. The maximum absolute atomic E-state index is 14.4. The lowest BCUT2D eigenvalue weighted by molar-refractivity contribution is -0.121. The molecule has 0 radical (unpaired) electrons. The summed E-state index contributed by atoms with van der Waals surface area (Å²) in [6.07, 6.45) is 1.36. The minimum absolute atomic E-state index is 0.00270. The van der Waals surface area contributed by atoms with E-state index >= 15 is 0 Å². The van der Waals surface area contributed by atoms with Gasteiger partial charge in [-0.2, -0.15) is 0 Å². The van der Waals surface area contributed by atoms with E-state index < -0.39 is 59.0 Å². The van der Waals surface area contributed by atoms with Crippen LogP contribution in [-0.4, -0.2) is 64.1 Å². The van der Waals surface area contributed by atoms with Crippen LogP contribution in [0.5, 0.6) is 0 Å². The summed E-state index contributed by atoms with van der Waals surface area (Å²) >= 11 is 0. The van der Waals surface area contributed by atoms with E-state index in [0.29, 0.717) is 24.3 Å². The number of rotatable bonds is 10. The van der Waals surface area contributed by atoms with Crippen LogP contribution in [0.4, 0.5) is 34.6 Å². The van der Waals surface area contributed by atoms with Crippen molar-refractivity contribution < 1.29 is 35.5 Å². The Hall–Kier alpha value is -4.05. The molecule has 4 heterocycles. The van der Waals surface area contributed by atoms with Crippen molar-refractivity contribution in [3.8, 4) is 11.3 Å². The highest BCUT2D eigenvalue weighted by Crippen LogP contribution is 2.49. The molecular weight excluding hydrogens is 618 g/mol. The Labute approximate surface area is 256 Å². The van der Waals surface area contributed by atoms with Crippen LogP contribution in [0, 0.1) is 5.92 Å². The molecule has 45 heavy (non-hydrogen) atoms. The zero-order valence-electron chi connectivity index (χ0n) is 24.7. The van der Waals surface area contributed by atoms with Crippen molar-refractivity contribution in [2.24, 2.45) is 13.0 Å². The van der Waals surface area contributed by atoms with Crippen LogP contribution in [0.15, 0.2) is 36.8 Å². The van der Waals surface area contributed by atoms with Gasteiger partial charge in [-0.3, -0.25) is 13.7 Å². The van der Waals surface area contributed by atoms with Gasteiger partial charge in [-0.1, -0.05) is 6.07 Å². The highest BCUT2D eigenvalue weighted by molar-refractivity contribution is 7.92. The van der Waals surface area contributed by atoms with Crippen LogP contribution in [-0.2, 0) is 33.0 Å². The number of carbonyl (C=O) groups excluding carboxylic acids is 1. The second-order valence-electron chi connectivity index (χ2n) is 11.4. The van der Waals surface area contributed by atoms with Crippen LogP contribution in [0.1, 0.15) is 49.9 Å². The molecule has 4 aromatic rings. The quantitative estimate of drug-likeness (QED) is 0.227. The van der Waals surface area contributed by atoms with Crippen LogP contribution in [0.25, 0.3) is 22.4 Å². The number of pyridine rings is 1. The highest BCUT2D eigenvalue weighted by Gasteiger charge is 2.60. The highest BCUT2D eigenvalue weighted by atomic mass is 32.2. The topological polar surface area (TPSA) is 124 Å². The molecule has 1 aromatic carbocycles. The summed E-state index contributed by atoms with van der Waals surface area (Å²) in [5, 5.41) is 3.12. The molecule has 2 unspecified atom stereocenters. The Morgan fingerprint density at radius 1 is 1.20 bits per heavy atom. The van der Waals surface area contributed by atoms with Crippen molar-refractivity contribution in [3.63, 3.8) is 0 Å². The van der Waals surface area contributed by atoms with Crippen molar-refractivity contribution in [2.45, 2.75) is 50.7 Å². The molecule has 1 saturated carbocycles. The first-order chi connectivity index (χ1) is 21.2. The van der Waals surface area contributed by atoms with Crippen molar-refractivity contribution in [1.29, 1.82) is 0 Å². The fourth-order valence-corrected chi connectivity index (χ4v) is 6.07. The van der Waals surface area contributed by atoms with Gasteiger partial charge >= 0.3 is 0 Å². The number of aromatic nitrogens is 5. The molecule has 2 fully saturated rings. The fourth-order valence-electron chi connectivity index (χ4n) is 5.56. The number of alkyl halides is 4. The molecular formula is C29H31F4N7O4S. The lowest BCUT2D eigenvalue weighted by atomic mass is 10.1. The maximum Gasteiger partial charge on any atom is 0.295 e. The Bertz CT molecular complexity index is 1890. The van der Waals surface area contributed by atoms with E-state index in [-0.39, 0.29) is 33.9 Å². The first-order valence-corrected chi connectivity index (χ1v) is 16.1. The average molecular weight is 650 g/mol. The first-order valence-electron chi connectivity index (χ1n) is 14.3. The van der Waals surface area contributed by atoms with Crippen molar-refractivity contribution in [2.75, 3.05) is 29.5 Å². The zero-order chi connectivity index (χ0) is 32.3. The van der Waals surface area contributed by atoms with Crippen molar-refractivity contribution >= 4 is 44.0 Å². The summed E-state index contributed by atoms with van der Waals surface area (Å²) in [7, 11) is -0.610. The normalized spacial score (nSPS) is 19.6. The van der Waals surface area contributed by atoms with Gasteiger partial charge in [-0.15, -0.1) is 0 Å². The number of nitrogens with zero attached hydrogens (tertiary/aromatic N) is 6. The molecule has 6 rings (SSSR count). The van der Waals surface area contributed by atoms with Gasteiger partial charge < -0.3 is 14.6 Å². The van der Waals surface area contributed by atoms with Gasteiger partial charge in [-0.25, -0.2) is 40.9 Å². The number of ether oxygens (including phenoxy) is 1. The number of sulfonamides is 1. The number of hydrogen-bond acceptors (Lipinski definition) is 8.